The normalized spacial score (nSPS) is 21.0. The lowest BCUT2D eigenvalue weighted by Crippen LogP contribution is -2.56. The van der Waals surface area contributed by atoms with E-state index in [2.05, 4.69) is 9.47 Å². The van der Waals surface area contributed by atoms with Crippen LogP contribution in [-0.2, 0) is 28.4 Å². The third-order valence-corrected chi connectivity index (χ3v) is 7.25. The maximum absolute atomic E-state index is 11.2. The second-order valence-corrected chi connectivity index (χ2v) is 10.1. The van der Waals surface area contributed by atoms with E-state index in [9.17, 15) is 9.59 Å². The molecule has 1 heterocycles. The van der Waals surface area contributed by atoms with E-state index in [1.54, 1.807) is 7.11 Å². The number of carbonyl (C=O) groups excluding carboxylic acids is 2. The van der Waals surface area contributed by atoms with Gasteiger partial charge in [-0.1, -0.05) is 13.8 Å². The van der Waals surface area contributed by atoms with Crippen molar-refractivity contribution in [3.05, 3.63) is 0 Å². The highest BCUT2D eigenvalue weighted by atomic mass is 16.7. The van der Waals surface area contributed by atoms with Gasteiger partial charge in [0.2, 0.25) is 0 Å². The van der Waals surface area contributed by atoms with Gasteiger partial charge in [-0.3, -0.25) is 0 Å². The molecule has 0 saturated carbocycles. The van der Waals surface area contributed by atoms with Crippen molar-refractivity contribution in [2.45, 2.75) is 104 Å². The van der Waals surface area contributed by atoms with Crippen LogP contribution >= 0.6 is 0 Å². The van der Waals surface area contributed by atoms with Crippen molar-refractivity contribution in [1.29, 1.82) is 0 Å². The number of epoxide rings is 1. The zero-order valence-corrected chi connectivity index (χ0v) is 21.3. The second-order valence-electron chi connectivity index (χ2n) is 10.1. The summed E-state index contributed by atoms with van der Waals surface area (Å²) in [6.07, 6.45) is -1.35. The fourth-order valence-corrected chi connectivity index (χ4v) is 3.04. The summed E-state index contributed by atoms with van der Waals surface area (Å²) in [6.45, 7) is 21.1. The Morgan fingerprint density at radius 3 is 1.37 bits per heavy atom. The van der Waals surface area contributed by atoms with Gasteiger partial charge in [-0.05, 0) is 62.3 Å². The summed E-state index contributed by atoms with van der Waals surface area (Å²) >= 11 is 0. The average Bonchev–Trinajstić information content (AvgIpc) is 3.14. The van der Waals surface area contributed by atoms with E-state index in [0.717, 1.165) is 0 Å². The van der Waals surface area contributed by atoms with E-state index in [1.165, 1.54) is 14.2 Å². The van der Waals surface area contributed by atoms with Crippen molar-refractivity contribution in [2.75, 3.05) is 21.3 Å². The minimum atomic E-state index is -0.695. The SMILES string of the molecule is COC(=O)OC(C)(C)C(C)(C)C(C)(C)OC.COC(=O)OC(C)(C)C1(C)OC1(C)C. The topological polar surface area (TPSA) is 92.8 Å². The Bertz CT molecular complexity index is 619. The molecule has 1 aliphatic heterocycles. The molecular formula is C22H42O8. The molecule has 1 aliphatic rings. The van der Waals surface area contributed by atoms with Crippen LogP contribution < -0.4 is 0 Å². The van der Waals surface area contributed by atoms with Gasteiger partial charge < -0.3 is 28.4 Å². The summed E-state index contributed by atoms with van der Waals surface area (Å²) in [5.74, 6) is 0. The van der Waals surface area contributed by atoms with Crippen LogP contribution in [0.15, 0.2) is 0 Å². The van der Waals surface area contributed by atoms with E-state index >= 15 is 0 Å². The van der Waals surface area contributed by atoms with Crippen LogP contribution in [0.1, 0.15) is 76.2 Å². The summed E-state index contributed by atoms with van der Waals surface area (Å²) in [5, 5.41) is 0. The van der Waals surface area contributed by atoms with E-state index in [-0.39, 0.29) is 11.0 Å². The first-order valence-electron chi connectivity index (χ1n) is 9.97. The third-order valence-electron chi connectivity index (χ3n) is 7.25. The van der Waals surface area contributed by atoms with Gasteiger partial charge in [-0.2, -0.15) is 0 Å². The smallest absolute Gasteiger partial charge is 0.438 e. The van der Waals surface area contributed by atoms with Crippen LogP contribution in [-0.4, -0.2) is 61.6 Å². The number of hydrogen-bond acceptors (Lipinski definition) is 8. The highest BCUT2D eigenvalue weighted by Crippen LogP contribution is 2.55. The van der Waals surface area contributed by atoms with Crippen LogP contribution in [0.25, 0.3) is 0 Å². The van der Waals surface area contributed by atoms with Crippen LogP contribution in [0.5, 0.6) is 0 Å². The first-order chi connectivity index (χ1) is 13.2. The largest absolute Gasteiger partial charge is 0.508 e. The molecule has 0 bridgehead atoms. The van der Waals surface area contributed by atoms with E-state index in [4.69, 9.17) is 18.9 Å². The highest BCUT2D eigenvalue weighted by molar-refractivity contribution is 5.61. The summed E-state index contributed by atoms with van der Waals surface area (Å²) in [5.41, 5.74) is -2.89. The van der Waals surface area contributed by atoms with E-state index in [0.29, 0.717) is 0 Å². The van der Waals surface area contributed by atoms with Gasteiger partial charge in [-0.15, -0.1) is 0 Å². The third kappa shape index (κ3) is 5.58. The average molecular weight is 435 g/mol. The van der Waals surface area contributed by atoms with Crippen molar-refractivity contribution < 1.29 is 38.0 Å². The molecule has 0 aromatic heterocycles. The molecule has 1 fully saturated rings. The Morgan fingerprint density at radius 2 is 1.07 bits per heavy atom. The van der Waals surface area contributed by atoms with Gasteiger partial charge in [0.1, 0.15) is 16.8 Å². The van der Waals surface area contributed by atoms with Gasteiger partial charge in [0, 0.05) is 12.5 Å². The number of ether oxygens (including phenoxy) is 6. The lowest BCUT2D eigenvalue weighted by atomic mass is 9.66. The molecular weight excluding hydrogens is 392 g/mol. The van der Waals surface area contributed by atoms with Crippen molar-refractivity contribution in [3.8, 4) is 0 Å². The molecule has 0 amide bonds. The number of hydrogen-bond donors (Lipinski definition) is 0. The first kappa shape index (κ1) is 28.5. The minimum absolute atomic E-state index is 0.259. The van der Waals surface area contributed by atoms with Gasteiger partial charge in [-0.25, -0.2) is 9.59 Å². The highest BCUT2D eigenvalue weighted by Gasteiger charge is 2.70. The standard InChI is InChI=1S/C12H24O4.C10H18O4/c1-10(2,11(3,4)15-8)12(5,6)16-9(13)14-7;1-8(2,13-7(11)12-6)10(5)9(3,4)14-10/h1-8H3;1-6H3. The molecule has 8 heteroatoms. The Hall–Kier alpha value is -1.54. The first-order valence-corrected chi connectivity index (χ1v) is 9.97. The van der Waals surface area contributed by atoms with Crippen LogP contribution in [0, 0.1) is 5.41 Å². The quantitative estimate of drug-likeness (QED) is 0.420. The molecule has 1 saturated heterocycles. The Morgan fingerprint density at radius 1 is 0.700 bits per heavy atom. The predicted octanol–water partition coefficient (Wildman–Crippen LogP) is 5.11. The van der Waals surface area contributed by atoms with Crippen LogP contribution in [0.4, 0.5) is 9.59 Å². The molecule has 0 N–H and O–H groups in total. The molecule has 1 atom stereocenters. The zero-order valence-electron chi connectivity index (χ0n) is 21.3. The molecule has 30 heavy (non-hydrogen) atoms. The van der Waals surface area contributed by atoms with Crippen molar-refractivity contribution in [1.82, 2.24) is 0 Å². The lowest BCUT2D eigenvalue weighted by molar-refractivity contribution is -0.170. The number of methoxy groups -OCH3 is 3. The monoisotopic (exact) mass is 434 g/mol. The molecule has 0 radical (unpaired) electrons. The maximum Gasteiger partial charge on any atom is 0.508 e. The Kier molecular flexibility index (Phi) is 8.45. The molecule has 0 aliphatic carbocycles. The molecule has 178 valence electrons. The summed E-state index contributed by atoms with van der Waals surface area (Å²) < 4.78 is 30.5. The fourth-order valence-electron chi connectivity index (χ4n) is 3.04. The van der Waals surface area contributed by atoms with Crippen molar-refractivity contribution in [3.63, 3.8) is 0 Å². The van der Waals surface area contributed by atoms with Crippen LogP contribution in [0.2, 0.25) is 0 Å². The minimum Gasteiger partial charge on any atom is -0.438 e. The predicted molar refractivity (Wildman–Crippen MR) is 114 cm³/mol. The van der Waals surface area contributed by atoms with Gasteiger partial charge in [0.15, 0.2) is 0 Å². The van der Waals surface area contributed by atoms with Crippen LogP contribution in [0.3, 0.4) is 0 Å². The maximum atomic E-state index is 11.2. The van der Waals surface area contributed by atoms with E-state index in [1.807, 2.05) is 76.2 Å². The Balaban J connectivity index is 0.000000564. The molecule has 0 spiro atoms. The summed E-state index contributed by atoms with van der Waals surface area (Å²) in [7, 11) is 4.24. The van der Waals surface area contributed by atoms with Crippen molar-refractivity contribution >= 4 is 12.3 Å². The zero-order chi connectivity index (χ0) is 24.4. The second kappa shape index (κ2) is 8.91. The van der Waals surface area contributed by atoms with E-state index < -0.39 is 34.7 Å². The molecule has 1 rings (SSSR count). The van der Waals surface area contributed by atoms with Gasteiger partial charge >= 0.3 is 12.3 Å². The van der Waals surface area contributed by atoms with Crippen molar-refractivity contribution in [2.24, 2.45) is 5.41 Å². The summed E-state index contributed by atoms with van der Waals surface area (Å²) in [6, 6.07) is 0. The molecule has 1 unspecified atom stereocenters. The number of carbonyl (C=O) groups is 2. The van der Waals surface area contributed by atoms with Gasteiger partial charge in [0.25, 0.3) is 0 Å². The fraction of sp³-hybridized carbons (Fsp3) is 0.909. The molecule has 0 aromatic rings. The Labute approximate surface area is 181 Å². The van der Waals surface area contributed by atoms with Gasteiger partial charge in [0.05, 0.1) is 25.4 Å². The molecule has 0 aromatic carbocycles. The summed E-state index contributed by atoms with van der Waals surface area (Å²) in [4.78, 5) is 22.2. The lowest BCUT2D eigenvalue weighted by Gasteiger charge is -2.49. The molecule has 8 nitrogen and oxygen atoms in total. The number of rotatable bonds is 6.